The first-order valence-corrected chi connectivity index (χ1v) is 4.36. The highest BCUT2D eigenvalue weighted by Crippen LogP contribution is 2.50. The molecule has 0 bridgehead atoms. The Hall–Kier alpha value is -0.0300. The lowest BCUT2D eigenvalue weighted by molar-refractivity contribution is 0.0742. The van der Waals surface area contributed by atoms with Crippen LogP contribution in [0.25, 0.3) is 0 Å². The molecule has 0 radical (unpaired) electrons. The van der Waals surface area contributed by atoms with Gasteiger partial charge in [-0.05, 0) is 12.8 Å². The van der Waals surface area contributed by atoms with E-state index in [-0.39, 0.29) is 5.75 Å². The maximum atomic E-state index is 12.0. The van der Waals surface area contributed by atoms with Crippen molar-refractivity contribution in [1.29, 1.82) is 0 Å². The van der Waals surface area contributed by atoms with E-state index in [1.54, 1.807) is 0 Å². The van der Waals surface area contributed by atoms with E-state index < -0.39 is 22.8 Å². The van der Waals surface area contributed by atoms with Crippen molar-refractivity contribution in [3.8, 4) is 0 Å². The summed E-state index contributed by atoms with van der Waals surface area (Å²) in [6.45, 7) is 0. The van der Waals surface area contributed by atoms with Gasteiger partial charge in [0, 0.05) is 11.2 Å². The van der Waals surface area contributed by atoms with Gasteiger partial charge in [-0.1, -0.05) is 0 Å². The standard InChI is InChI=1S/C5H9F2NOS/c6-4(7)5(1-2-5)3-10(8)9/h4H,1-3,8H2. The van der Waals surface area contributed by atoms with E-state index in [2.05, 4.69) is 0 Å². The molecule has 1 unspecified atom stereocenters. The van der Waals surface area contributed by atoms with Crippen LogP contribution in [0.4, 0.5) is 8.78 Å². The van der Waals surface area contributed by atoms with Crippen LogP contribution in [0.15, 0.2) is 0 Å². The molecule has 0 aromatic carbocycles. The van der Waals surface area contributed by atoms with Crippen LogP contribution >= 0.6 is 0 Å². The Morgan fingerprint density at radius 3 is 2.20 bits per heavy atom. The van der Waals surface area contributed by atoms with Gasteiger partial charge < -0.3 is 0 Å². The van der Waals surface area contributed by atoms with E-state index in [1.807, 2.05) is 0 Å². The lowest BCUT2D eigenvalue weighted by Gasteiger charge is -2.10. The molecule has 1 atom stereocenters. The topological polar surface area (TPSA) is 43.1 Å². The summed E-state index contributed by atoms with van der Waals surface area (Å²) in [6.07, 6.45) is -1.43. The number of hydrogen-bond acceptors (Lipinski definition) is 1. The van der Waals surface area contributed by atoms with Crippen LogP contribution < -0.4 is 5.14 Å². The zero-order chi connectivity index (χ0) is 7.78. The Balaban J connectivity index is 2.45. The quantitative estimate of drug-likeness (QED) is 0.662. The number of rotatable bonds is 3. The number of nitrogens with two attached hydrogens (primary N) is 1. The first-order chi connectivity index (χ1) is 4.57. The van der Waals surface area contributed by atoms with Crippen molar-refractivity contribution < 1.29 is 13.0 Å². The molecule has 0 aliphatic heterocycles. The average Bonchev–Trinajstić information content (AvgIpc) is 2.46. The molecule has 2 N–H and O–H groups in total. The number of hydrogen-bond donors (Lipinski definition) is 1. The molecule has 1 saturated carbocycles. The van der Waals surface area contributed by atoms with E-state index in [4.69, 9.17) is 5.14 Å². The highest BCUT2D eigenvalue weighted by Gasteiger charge is 2.51. The third-order valence-corrected chi connectivity index (χ3v) is 2.64. The molecule has 1 rings (SSSR count). The summed E-state index contributed by atoms with van der Waals surface area (Å²) in [5, 5.41) is 4.90. The van der Waals surface area contributed by atoms with Gasteiger partial charge in [0.05, 0.1) is 11.0 Å². The second kappa shape index (κ2) is 2.54. The van der Waals surface area contributed by atoms with Crippen molar-refractivity contribution in [1.82, 2.24) is 0 Å². The molecule has 0 amide bonds. The molecule has 60 valence electrons. The van der Waals surface area contributed by atoms with E-state index in [0.29, 0.717) is 12.8 Å². The van der Waals surface area contributed by atoms with Gasteiger partial charge in [0.2, 0.25) is 6.43 Å². The molecule has 0 heterocycles. The third kappa shape index (κ3) is 1.52. The monoisotopic (exact) mass is 169 g/mol. The number of halogens is 2. The van der Waals surface area contributed by atoms with Crippen LogP contribution in [-0.2, 0) is 11.0 Å². The van der Waals surface area contributed by atoms with Crippen LogP contribution in [-0.4, -0.2) is 16.4 Å². The predicted molar refractivity (Wildman–Crippen MR) is 34.9 cm³/mol. The molecule has 0 spiro atoms. The summed E-state index contributed by atoms with van der Waals surface area (Å²) in [4.78, 5) is 0. The maximum absolute atomic E-state index is 12.0. The molecule has 5 heteroatoms. The molecule has 1 aliphatic carbocycles. The van der Waals surface area contributed by atoms with Crippen LogP contribution in [0, 0.1) is 5.41 Å². The second-order valence-corrected chi connectivity index (χ2v) is 3.74. The molecule has 1 fully saturated rings. The van der Waals surface area contributed by atoms with E-state index in [1.165, 1.54) is 0 Å². The van der Waals surface area contributed by atoms with Gasteiger partial charge in [-0.15, -0.1) is 0 Å². The minimum atomic E-state index is -2.36. The van der Waals surface area contributed by atoms with Crippen LogP contribution in [0.1, 0.15) is 12.8 Å². The van der Waals surface area contributed by atoms with Gasteiger partial charge in [0.1, 0.15) is 0 Å². The van der Waals surface area contributed by atoms with E-state index in [9.17, 15) is 13.0 Å². The van der Waals surface area contributed by atoms with Gasteiger partial charge >= 0.3 is 0 Å². The summed E-state index contributed by atoms with van der Waals surface area (Å²) >= 11 is 0. The van der Waals surface area contributed by atoms with Gasteiger partial charge in [0.25, 0.3) is 0 Å². The third-order valence-electron chi connectivity index (χ3n) is 1.78. The van der Waals surface area contributed by atoms with Crippen molar-refractivity contribution in [2.75, 3.05) is 5.75 Å². The van der Waals surface area contributed by atoms with Gasteiger partial charge in [0.15, 0.2) is 0 Å². The Labute approximate surface area is 60.4 Å². The zero-order valence-electron chi connectivity index (χ0n) is 5.35. The van der Waals surface area contributed by atoms with Crippen LogP contribution in [0.2, 0.25) is 0 Å². The van der Waals surface area contributed by atoms with Crippen molar-refractivity contribution in [2.24, 2.45) is 10.6 Å². The maximum Gasteiger partial charge on any atom is 0.245 e. The fraction of sp³-hybridized carbons (Fsp3) is 1.00. The normalized spacial score (nSPS) is 24.8. The lowest BCUT2D eigenvalue weighted by Crippen LogP contribution is -2.23. The second-order valence-electron chi connectivity index (χ2n) is 2.69. The summed E-state index contributed by atoms with van der Waals surface area (Å²) in [5.74, 6) is -0.0509. The highest BCUT2D eigenvalue weighted by atomic mass is 32.2. The van der Waals surface area contributed by atoms with Crippen LogP contribution in [0.3, 0.4) is 0 Å². The Bertz CT molecular complexity index is 158. The molecular weight excluding hydrogens is 160 g/mol. The molecular formula is C5H9F2NOS. The smallest absolute Gasteiger partial charge is 0.245 e. The first-order valence-electron chi connectivity index (χ1n) is 2.98. The number of alkyl halides is 2. The average molecular weight is 169 g/mol. The van der Waals surface area contributed by atoms with Crippen molar-refractivity contribution in [3.63, 3.8) is 0 Å². The lowest BCUT2D eigenvalue weighted by atomic mass is 10.2. The van der Waals surface area contributed by atoms with Crippen molar-refractivity contribution in [2.45, 2.75) is 19.3 Å². The molecule has 0 saturated heterocycles. The Morgan fingerprint density at radius 1 is 1.60 bits per heavy atom. The summed E-state index contributed by atoms with van der Waals surface area (Å²) in [5.41, 5.74) is -0.986. The molecule has 0 aromatic rings. The van der Waals surface area contributed by atoms with Crippen LogP contribution in [0.5, 0.6) is 0 Å². The highest BCUT2D eigenvalue weighted by molar-refractivity contribution is 7.82. The molecule has 1 aliphatic rings. The van der Waals surface area contributed by atoms with Gasteiger partial charge in [-0.25, -0.2) is 13.0 Å². The Kier molecular flexibility index (Phi) is 2.05. The van der Waals surface area contributed by atoms with E-state index >= 15 is 0 Å². The fourth-order valence-electron chi connectivity index (χ4n) is 0.869. The van der Waals surface area contributed by atoms with Gasteiger partial charge in [-0.2, -0.15) is 0 Å². The van der Waals surface area contributed by atoms with Crippen molar-refractivity contribution in [3.05, 3.63) is 0 Å². The largest absolute Gasteiger partial charge is 0.252 e. The molecule has 2 nitrogen and oxygen atoms in total. The SMILES string of the molecule is NS(=O)CC1(C(F)F)CC1. The van der Waals surface area contributed by atoms with E-state index in [0.717, 1.165) is 0 Å². The first kappa shape index (κ1) is 8.07. The molecule has 10 heavy (non-hydrogen) atoms. The summed E-state index contributed by atoms with van der Waals surface area (Å²) in [6, 6.07) is 0. The summed E-state index contributed by atoms with van der Waals surface area (Å²) < 4.78 is 34.5. The molecule has 0 aromatic heterocycles. The fourth-order valence-corrected chi connectivity index (χ4v) is 1.85. The zero-order valence-corrected chi connectivity index (χ0v) is 6.16. The predicted octanol–water partition coefficient (Wildman–Crippen LogP) is 0.654. The van der Waals surface area contributed by atoms with Crippen molar-refractivity contribution >= 4 is 11.0 Å². The van der Waals surface area contributed by atoms with Gasteiger partial charge in [-0.3, -0.25) is 5.14 Å². The summed E-state index contributed by atoms with van der Waals surface area (Å²) in [7, 11) is -1.57. The minimum absolute atomic E-state index is 0.0509. The minimum Gasteiger partial charge on any atom is -0.252 e. The Morgan fingerprint density at radius 2 is 2.10 bits per heavy atom.